The third-order valence-electron chi connectivity index (χ3n) is 3.43. The fourth-order valence-corrected chi connectivity index (χ4v) is 3.11. The van der Waals surface area contributed by atoms with Gasteiger partial charge in [-0.25, -0.2) is 13.1 Å². The Morgan fingerprint density at radius 1 is 1.17 bits per heavy atom. The highest BCUT2D eigenvalue weighted by molar-refractivity contribution is 7.89. The minimum absolute atomic E-state index is 0. The van der Waals surface area contributed by atoms with Crippen LogP contribution in [0.4, 0.5) is 5.69 Å². The van der Waals surface area contributed by atoms with Gasteiger partial charge in [0.15, 0.2) is 0 Å². The Bertz CT molecular complexity index is 838. The van der Waals surface area contributed by atoms with Crippen molar-refractivity contribution in [1.82, 2.24) is 4.72 Å². The molecule has 0 aliphatic carbocycles. The Labute approximate surface area is 147 Å². The Balaban J connectivity index is 0.00000288. The number of hydrogen-bond acceptors (Lipinski definition) is 4. The summed E-state index contributed by atoms with van der Waals surface area (Å²) in [6, 6.07) is 11.7. The van der Waals surface area contributed by atoms with Gasteiger partial charge in [0.25, 0.3) is 5.91 Å². The van der Waals surface area contributed by atoms with Gasteiger partial charge in [0.1, 0.15) is 0 Å². The predicted molar refractivity (Wildman–Crippen MR) is 97.0 cm³/mol. The van der Waals surface area contributed by atoms with E-state index in [1.807, 2.05) is 6.07 Å². The molecule has 0 unspecified atom stereocenters. The zero-order valence-electron chi connectivity index (χ0n) is 13.4. The van der Waals surface area contributed by atoms with Crippen molar-refractivity contribution in [1.29, 1.82) is 0 Å². The molecule has 8 heteroatoms. The molecule has 0 spiro atoms. The lowest BCUT2D eigenvalue weighted by atomic mass is 10.1. The number of anilines is 1. The fraction of sp³-hybridized carbons (Fsp3) is 0.188. The normalized spacial score (nSPS) is 10.8. The Hall–Kier alpha value is -1.93. The van der Waals surface area contributed by atoms with Crippen molar-refractivity contribution in [2.75, 3.05) is 12.4 Å². The first kappa shape index (κ1) is 20.1. The van der Waals surface area contributed by atoms with E-state index in [1.165, 1.54) is 13.1 Å². The SMILES string of the molecule is CNS(=O)(=O)c1cc(NC(=O)c2cccc(CN)c2)ccc1C.Cl. The first-order valence-electron chi connectivity index (χ1n) is 7.02. The largest absolute Gasteiger partial charge is 0.326 e. The molecule has 0 heterocycles. The molecule has 0 saturated carbocycles. The quantitative estimate of drug-likeness (QED) is 0.750. The number of sulfonamides is 1. The number of aryl methyl sites for hydroxylation is 1. The molecule has 0 aliphatic rings. The molecule has 0 saturated heterocycles. The van der Waals surface area contributed by atoms with Crippen LogP contribution >= 0.6 is 12.4 Å². The number of hydrogen-bond donors (Lipinski definition) is 3. The molecule has 0 aliphatic heterocycles. The van der Waals surface area contributed by atoms with Gasteiger partial charge in [-0.3, -0.25) is 4.79 Å². The number of carbonyl (C=O) groups excluding carboxylic acids is 1. The summed E-state index contributed by atoms with van der Waals surface area (Å²) in [5.41, 5.74) is 7.89. The molecule has 1 amide bonds. The van der Waals surface area contributed by atoms with E-state index in [1.54, 1.807) is 37.3 Å². The van der Waals surface area contributed by atoms with Gasteiger partial charge in [-0.1, -0.05) is 18.2 Å². The molecule has 4 N–H and O–H groups in total. The third-order valence-corrected chi connectivity index (χ3v) is 4.99. The molecule has 24 heavy (non-hydrogen) atoms. The van der Waals surface area contributed by atoms with Crippen molar-refractivity contribution in [3.8, 4) is 0 Å². The van der Waals surface area contributed by atoms with Gasteiger partial charge in [-0.05, 0) is 49.4 Å². The van der Waals surface area contributed by atoms with E-state index in [-0.39, 0.29) is 23.2 Å². The standard InChI is InChI=1S/C16H19N3O3S.ClH/c1-11-6-7-14(9-15(11)23(21,22)18-2)19-16(20)13-5-3-4-12(8-13)10-17;/h3-9,18H,10,17H2,1-2H3,(H,19,20);1H. The summed E-state index contributed by atoms with van der Waals surface area (Å²) in [6.45, 7) is 2.04. The van der Waals surface area contributed by atoms with Gasteiger partial charge in [-0.15, -0.1) is 12.4 Å². The van der Waals surface area contributed by atoms with E-state index in [0.29, 0.717) is 23.4 Å². The highest BCUT2D eigenvalue weighted by atomic mass is 35.5. The molecule has 130 valence electrons. The topological polar surface area (TPSA) is 101 Å². The van der Waals surface area contributed by atoms with Crippen molar-refractivity contribution in [2.45, 2.75) is 18.4 Å². The van der Waals surface area contributed by atoms with Crippen LogP contribution < -0.4 is 15.8 Å². The maximum Gasteiger partial charge on any atom is 0.255 e. The van der Waals surface area contributed by atoms with Crippen molar-refractivity contribution < 1.29 is 13.2 Å². The van der Waals surface area contributed by atoms with Gasteiger partial charge in [-0.2, -0.15) is 0 Å². The van der Waals surface area contributed by atoms with Crippen LogP contribution in [-0.4, -0.2) is 21.4 Å². The molecule has 0 aromatic heterocycles. The van der Waals surface area contributed by atoms with Crippen LogP contribution in [0.2, 0.25) is 0 Å². The molecule has 0 atom stereocenters. The highest BCUT2D eigenvalue weighted by Gasteiger charge is 2.16. The van der Waals surface area contributed by atoms with E-state index in [0.717, 1.165) is 5.56 Å². The average molecular weight is 370 g/mol. The molecule has 0 bridgehead atoms. The molecule has 0 fully saturated rings. The van der Waals surface area contributed by atoms with Crippen molar-refractivity contribution in [3.05, 3.63) is 59.2 Å². The highest BCUT2D eigenvalue weighted by Crippen LogP contribution is 2.20. The lowest BCUT2D eigenvalue weighted by molar-refractivity contribution is 0.102. The Morgan fingerprint density at radius 3 is 2.50 bits per heavy atom. The number of carbonyl (C=O) groups is 1. The van der Waals surface area contributed by atoms with Gasteiger partial charge in [0.05, 0.1) is 4.90 Å². The van der Waals surface area contributed by atoms with E-state index in [9.17, 15) is 13.2 Å². The number of nitrogens with one attached hydrogen (secondary N) is 2. The van der Waals surface area contributed by atoms with Crippen LogP contribution in [0, 0.1) is 6.92 Å². The first-order chi connectivity index (χ1) is 10.9. The first-order valence-corrected chi connectivity index (χ1v) is 8.50. The fourth-order valence-electron chi connectivity index (χ4n) is 2.12. The molecular formula is C16H20ClN3O3S. The molecule has 2 aromatic carbocycles. The monoisotopic (exact) mass is 369 g/mol. The molecule has 0 radical (unpaired) electrons. The smallest absolute Gasteiger partial charge is 0.255 e. The van der Waals surface area contributed by atoms with E-state index in [4.69, 9.17) is 5.73 Å². The Morgan fingerprint density at radius 2 is 1.88 bits per heavy atom. The second kappa shape index (κ2) is 8.25. The summed E-state index contributed by atoms with van der Waals surface area (Å²) in [6.07, 6.45) is 0. The van der Waals surface area contributed by atoms with Crippen LogP contribution in [0.1, 0.15) is 21.5 Å². The van der Waals surface area contributed by atoms with Crippen LogP contribution in [0.3, 0.4) is 0 Å². The lowest BCUT2D eigenvalue weighted by Crippen LogP contribution is -2.20. The van der Waals surface area contributed by atoms with Crippen LogP contribution in [-0.2, 0) is 16.6 Å². The minimum Gasteiger partial charge on any atom is -0.326 e. The number of amides is 1. The summed E-state index contributed by atoms with van der Waals surface area (Å²) in [5, 5.41) is 2.70. The molecular weight excluding hydrogens is 350 g/mol. The zero-order valence-corrected chi connectivity index (χ0v) is 15.0. The second-order valence-corrected chi connectivity index (χ2v) is 6.90. The van der Waals surface area contributed by atoms with Crippen LogP contribution in [0.5, 0.6) is 0 Å². The number of benzene rings is 2. The summed E-state index contributed by atoms with van der Waals surface area (Å²) >= 11 is 0. The maximum absolute atomic E-state index is 12.3. The van der Waals surface area contributed by atoms with Gasteiger partial charge >= 0.3 is 0 Å². The Kier molecular flexibility index (Phi) is 6.92. The predicted octanol–water partition coefficient (Wildman–Crippen LogP) is 2.04. The minimum atomic E-state index is -3.58. The van der Waals surface area contributed by atoms with Crippen LogP contribution in [0.25, 0.3) is 0 Å². The second-order valence-electron chi connectivity index (χ2n) is 5.05. The van der Waals surface area contributed by atoms with Crippen molar-refractivity contribution in [2.24, 2.45) is 5.73 Å². The lowest BCUT2D eigenvalue weighted by Gasteiger charge is -2.11. The van der Waals surface area contributed by atoms with Crippen molar-refractivity contribution >= 4 is 34.0 Å². The third kappa shape index (κ3) is 4.55. The summed E-state index contributed by atoms with van der Waals surface area (Å²) in [4.78, 5) is 12.4. The molecule has 2 aromatic rings. The summed E-state index contributed by atoms with van der Waals surface area (Å²) < 4.78 is 26.2. The van der Waals surface area contributed by atoms with Crippen LogP contribution in [0.15, 0.2) is 47.4 Å². The number of halogens is 1. The molecule has 6 nitrogen and oxygen atoms in total. The summed E-state index contributed by atoms with van der Waals surface area (Å²) in [7, 11) is -2.23. The maximum atomic E-state index is 12.3. The van der Waals surface area contributed by atoms with Gasteiger partial charge < -0.3 is 11.1 Å². The number of rotatable bonds is 5. The summed E-state index contributed by atoms with van der Waals surface area (Å²) in [5.74, 6) is -0.322. The van der Waals surface area contributed by atoms with Gasteiger partial charge in [0.2, 0.25) is 10.0 Å². The molecule has 2 rings (SSSR count). The number of nitrogens with two attached hydrogens (primary N) is 1. The average Bonchev–Trinajstić information content (AvgIpc) is 2.56. The van der Waals surface area contributed by atoms with E-state index in [2.05, 4.69) is 10.0 Å². The van der Waals surface area contributed by atoms with Crippen molar-refractivity contribution in [3.63, 3.8) is 0 Å². The van der Waals surface area contributed by atoms with E-state index < -0.39 is 10.0 Å². The van der Waals surface area contributed by atoms with E-state index >= 15 is 0 Å². The zero-order chi connectivity index (χ0) is 17.0. The van der Waals surface area contributed by atoms with Gasteiger partial charge in [0, 0.05) is 17.8 Å².